The smallest absolute Gasteiger partial charge is 0.309 e. The SMILES string of the molecule is CC(CCC1CCCC1)NCCC(C)(C)C(=O)O. The topological polar surface area (TPSA) is 49.3 Å². The van der Waals surface area contributed by atoms with Crippen LogP contribution in [0.1, 0.15) is 65.7 Å². The Kier molecular flexibility index (Phi) is 6.13. The molecule has 0 spiro atoms. The van der Waals surface area contributed by atoms with Gasteiger partial charge >= 0.3 is 5.97 Å². The quantitative estimate of drug-likeness (QED) is 0.698. The first-order valence-corrected chi connectivity index (χ1v) is 7.38. The Morgan fingerprint density at radius 1 is 1.39 bits per heavy atom. The van der Waals surface area contributed by atoms with E-state index in [-0.39, 0.29) is 0 Å². The molecule has 1 rings (SSSR count). The predicted molar refractivity (Wildman–Crippen MR) is 74.7 cm³/mol. The Labute approximate surface area is 111 Å². The molecule has 1 atom stereocenters. The van der Waals surface area contributed by atoms with E-state index in [2.05, 4.69) is 12.2 Å². The first kappa shape index (κ1) is 15.5. The molecule has 0 amide bonds. The van der Waals surface area contributed by atoms with Crippen LogP contribution in [0.15, 0.2) is 0 Å². The third-order valence-electron chi connectivity index (χ3n) is 4.30. The molecule has 1 unspecified atom stereocenters. The lowest BCUT2D eigenvalue weighted by Crippen LogP contribution is -2.33. The monoisotopic (exact) mass is 255 g/mol. The number of nitrogens with one attached hydrogen (secondary N) is 1. The van der Waals surface area contributed by atoms with Gasteiger partial charge in [-0.15, -0.1) is 0 Å². The minimum absolute atomic E-state index is 0.509. The number of carboxylic acid groups (broad SMARTS) is 1. The Balaban J connectivity index is 2.09. The molecule has 0 heterocycles. The summed E-state index contributed by atoms with van der Waals surface area (Å²) in [6.07, 6.45) is 8.90. The van der Waals surface area contributed by atoms with E-state index >= 15 is 0 Å². The van der Waals surface area contributed by atoms with Crippen molar-refractivity contribution in [1.82, 2.24) is 5.32 Å². The minimum Gasteiger partial charge on any atom is -0.481 e. The molecule has 1 aliphatic carbocycles. The number of rotatable bonds is 8. The lowest BCUT2D eigenvalue weighted by molar-refractivity contribution is -0.147. The highest BCUT2D eigenvalue weighted by Crippen LogP contribution is 2.29. The number of carboxylic acids is 1. The summed E-state index contributed by atoms with van der Waals surface area (Å²) in [5.41, 5.74) is -0.613. The summed E-state index contributed by atoms with van der Waals surface area (Å²) in [7, 11) is 0. The standard InChI is InChI=1S/C15H29NO2/c1-12(8-9-13-6-4-5-7-13)16-11-10-15(2,3)14(17)18/h12-13,16H,4-11H2,1-3H3,(H,17,18). The molecule has 3 nitrogen and oxygen atoms in total. The predicted octanol–water partition coefficient (Wildman–Crippen LogP) is 3.44. The van der Waals surface area contributed by atoms with E-state index in [4.69, 9.17) is 5.11 Å². The zero-order chi connectivity index (χ0) is 13.6. The van der Waals surface area contributed by atoms with Gasteiger partial charge in [-0.1, -0.05) is 25.7 Å². The van der Waals surface area contributed by atoms with Crippen LogP contribution in [0.5, 0.6) is 0 Å². The van der Waals surface area contributed by atoms with Crippen molar-refractivity contribution in [3.63, 3.8) is 0 Å². The summed E-state index contributed by atoms with van der Waals surface area (Å²) < 4.78 is 0. The fourth-order valence-corrected chi connectivity index (χ4v) is 2.62. The highest BCUT2D eigenvalue weighted by molar-refractivity contribution is 5.73. The molecule has 0 radical (unpaired) electrons. The van der Waals surface area contributed by atoms with Crippen LogP contribution in [0.4, 0.5) is 0 Å². The van der Waals surface area contributed by atoms with Crippen LogP contribution in [0.2, 0.25) is 0 Å². The third-order valence-corrected chi connectivity index (χ3v) is 4.30. The molecular formula is C15H29NO2. The van der Waals surface area contributed by atoms with E-state index in [1.165, 1.54) is 38.5 Å². The Morgan fingerprint density at radius 2 is 2.00 bits per heavy atom. The van der Waals surface area contributed by atoms with E-state index in [0.29, 0.717) is 12.5 Å². The molecule has 1 fully saturated rings. The Morgan fingerprint density at radius 3 is 2.56 bits per heavy atom. The van der Waals surface area contributed by atoms with Crippen LogP contribution in [0.25, 0.3) is 0 Å². The number of aliphatic carboxylic acids is 1. The number of hydrogen-bond acceptors (Lipinski definition) is 2. The fraction of sp³-hybridized carbons (Fsp3) is 0.933. The largest absolute Gasteiger partial charge is 0.481 e. The first-order chi connectivity index (χ1) is 8.42. The fourth-order valence-electron chi connectivity index (χ4n) is 2.62. The van der Waals surface area contributed by atoms with Crippen molar-refractivity contribution in [2.24, 2.45) is 11.3 Å². The van der Waals surface area contributed by atoms with Crippen molar-refractivity contribution in [3.8, 4) is 0 Å². The number of carbonyl (C=O) groups is 1. The second-order valence-corrected chi connectivity index (χ2v) is 6.52. The van der Waals surface area contributed by atoms with Gasteiger partial charge in [0.05, 0.1) is 5.41 Å². The van der Waals surface area contributed by atoms with Gasteiger partial charge in [0, 0.05) is 6.04 Å². The molecule has 0 aliphatic heterocycles. The van der Waals surface area contributed by atoms with Crippen molar-refractivity contribution < 1.29 is 9.90 Å². The molecule has 1 aliphatic rings. The maximum atomic E-state index is 11.0. The van der Waals surface area contributed by atoms with Gasteiger partial charge in [0.2, 0.25) is 0 Å². The lowest BCUT2D eigenvalue weighted by atomic mass is 9.89. The normalized spacial score (nSPS) is 19.1. The van der Waals surface area contributed by atoms with Crippen LogP contribution >= 0.6 is 0 Å². The summed E-state index contributed by atoms with van der Waals surface area (Å²) in [6.45, 7) is 6.59. The highest BCUT2D eigenvalue weighted by atomic mass is 16.4. The van der Waals surface area contributed by atoms with Crippen molar-refractivity contribution >= 4 is 5.97 Å². The molecule has 1 saturated carbocycles. The molecule has 0 bridgehead atoms. The summed E-state index contributed by atoms with van der Waals surface area (Å²) in [4.78, 5) is 11.0. The Bertz CT molecular complexity index is 257. The van der Waals surface area contributed by atoms with Crippen molar-refractivity contribution in [2.45, 2.75) is 71.8 Å². The van der Waals surface area contributed by atoms with Crippen molar-refractivity contribution in [3.05, 3.63) is 0 Å². The van der Waals surface area contributed by atoms with E-state index in [1.807, 2.05) is 0 Å². The first-order valence-electron chi connectivity index (χ1n) is 7.38. The van der Waals surface area contributed by atoms with E-state index in [9.17, 15) is 4.79 Å². The molecule has 18 heavy (non-hydrogen) atoms. The minimum atomic E-state index is -0.706. The van der Waals surface area contributed by atoms with Gasteiger partial charge < -0.3 is 10.4 Å². The molecule has 0 aromatic heterocycles. The Hall–Kier alpha value is -0.570. The summed E-state index contributed by atoms with van der Waals surface area (Å²) >= 11 is 0. The van der Waals surface area contributed by atoms with Gasteiger partial charge in [-0.3, -0.25) is 4.79 Å². The average molecular weight is 255 g/mol. The lowest BCUT2D eigenvalue weighted by Gasteiger charge is -2.21. The highest BCUT2D eigenvalue weighted by Gasteiger charge is 2.26. The molecule has 2 N–H and O–H groups in total. The maximum Gasteiger partial charge on any atom is 0.309 e. The maximum absolute atomic E-state index is 11.0. The van der Waals surface area contributed by atoms with E-state index in [1.54, 1.807) is 13.8 Å². The third kappa shape index (κ3) is 5.38. The van der Waals surface area contributed by atoms with Crippen LogP contribution in [0.3, 0.4) is 0 Å². The second kappa shape index (κ2) is 7.13. The summed E-state index contributed by atoms with van der Waals surface area (Å²) in [5.74, 6) is 0.243. The van der Waals surface area contributed by atoms with Crippen LogP contribution < -0.4 is 5.32 Å². The molecule has 0 saturated heterocycles. The van der Waals surface area contributed by atoms with Gasteiger partial charge in [-0.25, -0.2) is 0 Å². The molecule has 0 aromatic rings. The van der Waals surface area contributed by atoms with Gasteiger partial charge in [0.1, 0.15) is 0 Å². The van der Waals surface area contributed by atoms with Gasteiger partial charge in [-0.2, -0.15) is 0 Å². The van der Waals surface area contributed by atoms with Crippen molar-refractivity contribution in [1.29, 1.82) is 0 Å². The molecule has 106 valence electrons. The van der Waals surface area contributed by atoms with Crippen LogP contribution in [-0.2, 0) is 4.79 Å². The molecular weight excluding hydrogens is 226 g/mol. The summed E-state index contributed by atoms with van der Waals surface area (Å²) in [5, 5.41) is 12.5. The van der Waals surface area contributed by atoms with Crippen molar-refractivity contribution in [2.75, 3.05) is 6.54 Å². The second-order valence-electron chi connectivity index (χ2n) is 6.52. The number of hydrogen-bond donors (Lipinski definition) is 2. The molecule has 0 aromatic carbocycles. The summed E-state index contributed by atoms with van der Waals surface area (Å²) in [6, 6.07) is 0.509. The zero-order valence-electron chi connectivity index (χ0n) is 12.2. The van der Waals surface area contributed by atoms with Crippen LogP contribution in [-0.4, -0.2) is 23.7 Å². The van der Waals surface area contributed by atoms with E-state index in [0.717, 1.165) is 12.5 Å². The molecule has 3 heteroatoms. The van der Waals surface area contributed by atoms with Gasteiger partial charge in [-0.05, 0) is 52.5 Å². The average Bonchev–Trinajstić information content (AvgIpc) is 2.78. The van der Waals surface area contributed by atoms with E-state index < -0.39 is 11.4 Å². The zero-order valence-corrected chi connectivity index (χ0v) is 12.2. The van der Waals surface area contributed by atoms with Gasteiger partial charge in [0.25, 0.3) is 0 Å². The van der Waals surface area contributed by atoms with Gasteiger partial charge in [0.15, 0.2) is 0 Å². The van der Waals surface area contributed by atoms with Crippen LogP contribution in [0, 0.1) is 11.3 Å².